The molecular weight excluding hydrogens is 420 g/mol. The normalized spacial score (nSPS) is 29.7. The highest BCUT2D eigenvalue weighted by Crippen LogP contribution is 2.76. The van der Waals surface area contributed by atoms with Crippen molar-refractivity contribution in [3.8, 4) is 0 Å². The van der Waals surface area contributed by atoms with Gasteiger partial charge in [-0.25, -0.2) is 0 Å². The third-order valence-corrected chi connectivity index (χ3v) is 7.00. The van der Waals surface area contributed by atoms with E-state index in [9.17, 15) is 40.7 Å². The number of hydrogen-bond acceptors (Lipinski definition) is 3. The maximum Gasteiger partial charge on any atom is 0.471 e. The van der Waals surface area contributed by atoms with Gasteiger partial charge in [-0.3, -0.25) is 14.4 Å². The molecule has 5 atom stereocenters. The fourth-order valence-corrected chi connectivity index (χ4v) is 5.43. The van der Waals surface area contributed by atoms with Gasteiger partial charge in [0, 0.05) is 12.0 Å². The number of primary amides is 1. The van der Waals surface area contributed by atoms with Crippen molar-refractivity contribution in [2.45, 2.75) is 65.0 Å². The molecule has 6 nitrogen and oxygen atoms in total. The quantitative estimate of drug-likeness (QED) is 0.615. The summed E-state index contributed by atoms with van der Waals surface area (Å²) in [5, 5.41) is 1.20. The molecule has 172 valence electrons. The summed E-state index contributed by atoms with van der Waals surface area (Å²) in [7, 11) is 0. The Bertz CT molecular complexity index is 736. The molecule has 1 aliphatic carbocycles. The SMILES string of the molecule is CCC(C(NC(=O)C(F)(F)F)C(=O)N1CC2C(C)(C)C2(CC)C1C(N)=O)C(F)(F)F. The van der Waals surface area contributed by atoms with E-state index in [2.05, 4.69) is 0 Å². The van der Waals surface area contributed by atoms with Crippen LogP contribution in [0, 0.1) is 22.7 Å². The third kappa shape index (κ3) is 3.51. The van der Waals surface area contributed by atoms with E-state index in [1.807, 2.05) is 13.8 Å². The van der Waals surface area contributed by atoms with Gasteiger partial charge in [-0.15, -0.1) is 0 Å². The first-order valence-corrected chi connectivity index (χ1v) is 9.52. The number of amides is 3. The van der Waals surface area contributed by atoms with E-state index in [0.29, 0.717) is 6.42 Å². The lowest BCUT2D eigenvalue weighted by Gasteiger charge is -2.38. The number of carbonyl (C=O) groups excluding carboxylic acids is 3. The molecule has 5 unspecified atom stereocenters. The van der Waals surface area contributed by atoms with E-state index in [4.69, 9.17) is 5.73 Å². The molecule has 3 amide bonds. The molecule has 1 aliphatic heterocycles. The highest BCUT2D eigenvalue weighted by atomic mass is 19.4. The molecule has 1 saturated heterocycles. The zero-order valence-electron chi connectivity index (χ0n) is 16.9. The summed E-state index contributed by atoms with van der Waals surface area (Å²) in [6, 6.07) is -3.80. The summed E-state index contributed by atoms with van der Waals surface area (Å²) in [5.74, 6) is -7.81. The number of rotatable bonds is 6. The maximum absolute atomic E-state index is 13.5. The maximum atomic E-state index is 13.5. The van der Waals surface area contributed by atoms with Crippen molar-refractivity contribution >= 4 is 17.7 Å². The van der Waals surface area contributed by atoms with Crippen LogP contribution in [0.4, 0.5) is 26.3 Å². The van der Waals surface area contributed by atoms with Gasteiger partial charge in [0.15, 0.2) is 0 Å². The van der Waals surface area contributed by atoms with Gasteiger partial charge in [0.25, 0.3) is 0 Å². The van der Waals surface area contributed by atoms with Crippen molar-refractivity contribution in [3.63, 3.8) is 0 Å². The molecule has 2 aliphatic rings. The van der Waals surface area contributed by atoms with E-state index in [-0.39, 0.29) is 12.5 Å². The average Bonchev–Trinajstić information content (AvgIpc) is 2.90. The highest BCUT2D eigenvalue weighted by Gasteiger charge is 2.79. The van der Waals surface area contributed by atoms with Crippen molar-refractivity contribution < 1.29 is 40.7 Å². The van der Waals surface area contributed by atoms with Crippen LogP contribution in [0.3, 0.4) is 0 Å². The van der Waals surface area contributed by atoms with E-state index in [1.54, 1.807) is 6.92 Å². The molecule has 30 heavy (non-hydrogen) atoms. The summed E-state index contributed by atoms with van der Waals surface area (Å²) in [6.07, 6.45) is -10.9. The summed E-state index contributed by atoms with van der Waals surface area (Å²) in [5.41, 5.74) is 4.28. The number of likely N-dealkylation sites (tertiary alicyclic amines) is 1. The fraction of sp³-hybridized carbons (Fsp3) is 0.833. The van der Waals surface area contributed by atoms with Crippen LogP contribution in [0.25, 0.3) is 0 Å². The van der Waals surface area contributed by atoms with Crippen molar-refractivity contribution in [1.29, 1.82) is 0 Å². The Labute approximate surface area is 169 Å². The number of nitrogens with one attached hydrogen (secondary N) is 1. The molecule has 0 bridgehead atoms. The predicted octanol–water partition coefficient (Wildman–Crippen LogP) is 2.37. The number of halogens is 6. The summed E-state index contributed by atoms with van der Waals surface area (Å²) in [6.45, 7) is 6.35. The van der Waals surface area contributed by atoms with E-state index in [0.717, 1.165) is 11.8 Å². The number of nitrogens with zero attached hydrogens (tertiary/aromatic N) is 1. The molecule has 0 spiro atoms. The molecule has 3 N–H and O–H groups in total. The minimum absolute atomic E-state index is 0.125. The second-order valence-electron chi connectivity index (χ2n) is 8.47. The second kappa shape index (κ2) is 7.30. The van der Waals surface area contributed by atoms with Crippen LogP contribution in [0.15, 0.2) is 0 Å². The van der Waals surface area contributed by atoms with Crippen molar-refractivity contribution in [3.05, 3.63) is 0 Å². The molecule has 1 saturated carbocycles. The van der Waals surface area contributed by atoms with Crippen LogP contribution in [0.5, 0.6) is 0 Å². The van der Waals surface area contributed by atoms with E-state index in [1.165, 1.54) is 5.32 Å². The van der Waals surface area contributed by atoms with Gasteiger partial charge in [-0.05, 0) is 24.2 Å². The molecule has 1 heterocycles. The number of carbonyl (C=O) groups is 3. The third-order valence-electron chi connectivity index (χ3n) is 7.00. The van der Waals surface area contributed by atoms with Gasteiger partial charge in [0.1, 0.15) is 12.1 Å². The van der Waals surface area contributed by atoms with Gasteiger partial charge in [0.2, 0.25) is 11.8 Å². The molecule has 0 radical (unpaired) electrons. The Balaban J connectivity index is 2.45. The average molecular weight is 445 g/mol. The smallest absolute Gasteiger partial charge is 0.368 e. The van der Waals surface area contributed by atoms with Crippen LogP contribution in [-0.4, -0.2) is 53.6 Å². The summed E-state index contributed by atoms with van der Waals surface area (Å²) < 4.78 is 78.6. The Kier molecular flexibility index (Phi) is 5.90. The van der Waals surface area contributed by atoms with Crippen molar-refractivity contribution in [1.82, 2.24) is 10.2 Å². The van der Waals surface area contributed by atoms with Crippen LogP contribution in [0.1, 0.15) is 40.5 Å². The molecule has 0 aromatic heterocycles. The lowest BCUT2D eigenvalue weighted by molar-refractivity contribution is -0.195. The number of piperidine rings is 1. The first-order valence-electron chi connectivity index (χ1n) is 9.52. The zero-order valence-corrected chi connectivity index (χ0v) is 16.9. The molecular formula is C18H25F6N3O3. The van der Waals surface area contributed by atoms with Gasteiger partial charge in [-0.2, -0.15) is 26.3 Å². The Hall–Kier alpha value is -2.01. The lowest BCUT2D eigenvalue weighted by Crippen LogP contribution is -2.61. The number of hydrogen-bond donors (Lipinski definition) is 2. The van der Waals surface area contributed by atoms with Gasteiger partial charge in [0.05, 0.1) is 5.92 Å². The molecule has 0 aromatic rings. The second-order valence-corrected chi connectivity index (χ2v) is 8.47. The predicted molar refractivity (Wildman–Crippen MR) is 92.5 cm³/mol. The fourth-order valence-electron chi connectivity index (χ4n) is 5.43. The molecule has 2 fully saturated rings. The number of nitrogens with two attached hydrogens (primary N) is 1. The minimum atomic E-state index is -5.48. The molecule has 12 heteroatoms. The minimum Gasteiger partial charge on any atom is -0.368 e. The summed E-state index contributed by atoms with van der Waals surface area (Å²) in [4.78, 5) is 37.4. The highest BCUT2D eigenvalue weighted by molar-refractivity contribution is 5.94. The first-order chi connectivity index (χ1) is 13.5. The Morgan fingerprint density at radius 3 is 2.03 bits per heavy atom. The summed E-state index contributed by atoms with van der Waals surface area (Å²) >= 11 is 0. The standard InChI is InChI=1S/C18H25F6N3O3/c1-5-8(17(19,20)21)10(26-14(30)18(22,23)24)13(29)27-7-9-15(3,4)16(9,6-2)11(27)12(25)28/h8-11H,5-7H2,1-4H3,(H2,25,28)(H,26,30). The van der Waals surface area contributed by atoms with Gasteiger partial charge in [-0.1, -0.05) is 27.7 Å². The van der Waals surface area contributed by atoms with Crippen LogP contribution in [0.2, 0.25) is 0 Å². The molecule has 2 rings (SSSR count). The lowest BCUT2D eigenvalue weighted by atomic mass is 9.84. The number of alkyl halides is 6. The van der Waals surface area contributed by atoms with Crippen LogP contribution >= 0.6 is 0 Å². The van der Waals surface area contributed by atoms with Crippen LogP contribution in [-0.2, 0) is 14.4 Å². The first kappa shape index (κ1) is 24.3. The monoisotopic (exact) mass is 445 g/mol. The zero-order chi connectivity index (χ0) is 23.4. The van der Waals surface area contributed by atoms with Crippen molar-refractivity contribution in [2.24, 2.45) is 28.4 Å². The largest absolute Gasteiger partial charge is 0.471 e. The van der Waals surface area contributed by atoms with Gasteiger partial charge >= 0.3 is 18.3 Å². The Morgan fingerprint density at radius 1 is 1.13 bits per heavy atom. The van der Waals surface area contributed by atoms with Crippen LogP contribution < -0.4 is 11.1 Å². The molecule has 0 aromatic carbocycles. The van der Waals surface area contributed by atoms with E-state index >= 15 is 0 Å². The van der Waals surface area contributed by atoms with E-state index < -0.39 is 65.3 Å². The van der Waals surface area contributed by atoms with Gasteiger partial charge < -0.3 is 16.0 Å². The Morgan fingerprint density at radius 2 is 1.67 bits per heavy atom. The van der Waals surface area contributed by atoms with Crippen molar-refractivity contribution in [2.75, 3.05) is 6.54 Å². The number of fused-ring (bicyclic) bond motifs is 1. The topological polar surface area (TPSA) is 92.5 Å².